The van der Waals surface area contributed by atoms with Gasteiger partial charge in [0.15, 0.2) is 12.8 Å². The molecule has 0 rings (SSSR count). The van der Waals surface area contributed by atoms with E-state index in [1.807, 2.05) is 0 Å². The second kappa shape index (κ2) is 19.0. The van der Waals surface area contributed by atoms with Crippen molar-refractivity contribution in [3.05, 3.63) is 0 Å². The van der Waals surface area contributed by atoms with Crippen LogP contribution in [0.4, 0.5) is 0 Å². The molecular formula is C18H31N5O5. The van der Waals surface area contributed by atoms with Crippen molar-refractivity contribution in [3.63, 3.8) is 0 Å². The average Bonchev–Trinajstić information content (AvgIpc) is 2.69. The Labute approximate surface area is 165 Å². The summed E-state index contributed by atoms with van der Waals surface area (Å²) in [4.78, 5) is 37.4. The SMILES string of the molecule is CCCCCCO/C=N/NC(=O)C(N=C=O)C(=O)N/N=C/OCCCCCC. The highest BCUT2D eigenvalue weighted by atomic mass is 16.5. The largest absolute Gasteiger partial charge is 0.482 e. The number of hydrogen-bond donors (Lipinski definition) is 2. The van der Waals surface area contributed by atoms with E-state index in [0.29, 0.717) is 13.2 Å². The predicted octanol–water partition coefficient (Wildman–Crippen LogP) is 2.00. The topological polar surface area (TPSA) is 131 Å². The zero-order valence-corrected chi connectivity index (χ0v) is 16.7. The molecule has 158 valence electrons. The van der Waals surface area contributed by atoms with E-state index in [1.54, 1.807) is 0 Å². The number of hydrazone groups is 2. The van der Waals surface area contributed by atoms with Gasteiger partial charge in [0.05, 0.1) is 13.2 Å². The van der Waals surface area contributed by atoms with Crippen LogP contribution in [-0.2, 0) is 23.9 Å². The average molecular weight is 397 g/mol. The van der Waals surface area contributed by atoms with E-state index in [2.05, 4.69) is 39.9 Å². The number of aliphatic imine (C=N–C) groups is 1. The van der Waals surface area contributed by atoms with Crippen molar-refractivity contribution in [1.82, 2.24) is 10.9 Å². The van der Waals surface area contributed by atoms with Gasteiger partial charge < -0.3 is 9.47 Å². The lowest BCUT2D eigenvalue weighted by Crippen LogP contribution is -2.41. The predicted molar refractivity (Wildman–Crippen MR) is 105 cm³/mol. The van der Waals surface area contributed by atoms with E-state index in [4.69, 9.17) is 9.47 Å². The molecule has 0 aliphatic heterocycles. The number of ether oxygens (including phenoxy) is 2. The molecule has 10 nitrogen and oxygen atoms in total. The first-order chi connectivity index (χ1) is 13.7. The molecule has 0 aliphatic rings. The van der Waals surface area contributed by atoms with Gasteiger partial charge in [-0.15, -0.1) is 10.2 Å². The minimum absolute atomic E-state index is 0.475. The maximum atomic E-state index is 11.9. The quantitative estimate of drug-likeness (QED) is 0.0968. The Balaban J connectivity index is 4.16. The van der Waals surface area contributed by atoms with Gasteiger partial charge in [0.1, 0.15) is 0 Å². The van der Waals surface area contributed by atoms with Crippen LogP contribution in [0.1, 0.15) is 65.2 Å². The van der Waals surface area contributed by atoms with Crippen molar-refractivity contribution in [2.75, 3.05) is 13.2 Å². The maximum absolute atomic E-state index is 11.9. The second-order valence-electron chi connectivity index (χ2n) is 5.91. The molecule has 0 atom stereocenters. The van der Waals surface area contributed by atoms with Crippen LogP contribution in [0.5, 0.6) is 0 Å². The molecule has 0 aromatic heterocycles. The number of nitrogens with one attached hydrogen (secondary N) is 2. The molecule has 0 fully saturated rings. The second-order valence-corrected chi connectivity index (χ2v) is 5.91. The summed E-state index contributed by atoms with van der Waals surface area (Å²) >= 11 is 0. The third-order valence-corrected chi connectivity index (χ3v) is 3.51. The molecule has 0 radical (unpaired) electrons. The van der Waals surface area contributed by atoms with Crippen LogP contribution in [0.25, 0.3) is 0 Å². The Bertz CT molecular complexity index is 494. The summed E-state index contributed by atoms with van der Waals surface area (Å²) in [5.41, 5.74) is 4.14. The van der Waals surface area contributed by atoms with Crippen LogP contribution in [0.2, 0.25) is 0 Å². The molecule has 10 heteroatoms. The lowest BCUT2D eigenvalue weighted by molar-refractivity contribution is -0.131. The number of unbranched alkanes of at least 4 members (excludes halogenated alkanes) is 6. The normalized spacial score (nSPS) is 10.8. The van der Waals surface area contributed by atoms with Crippen molar-refractivity contribution in [2.24, 2.45) is 15.2 Å². The Morgan fingerprint density at radius 1 is 0.857 bits per heavy atom. The molecular weight excluding hydrogens is 366 g/mol. The number of hydrogen-bond acceptors (Lipinski definition) is 8. The molecule has 0 heterocycles. The van der Waals surface area contributed by atoms with Gasteiger partial charge in [-0.3, -0.25) is 9.59 Å². The smallest absolute Gasteiger partial charge is 0.275 e. The molecule has 28 heavy (non-hydrogen) atoms. The fraction of sp³-hybridized carbons (Fsp3) is 0.722. The summed E-state index contributed by atoms with van der Waals surface area (Å²) in [5, 5.41) is 7.08. The molecule has 2 N–H and O–H groups in total. The number of carbonyl (C=O) groups excluding carboxylic acids is 3. The lowest BCUT2D eigenvalue weighted by Gasteiger charge is -2.07. The van der Waals surface area contributed by atoms with Crippen LogP contribution >= 0.6 is 0 Å². The van der Waals surface area contributed by atoms with E-state index in [-0.39, 0.29) is 0 Å². The third kappa shape index (κ3) is 14.4. The van der Waals surface area contributed by atoms with Gasteiger partial charge in [0.2, 0.25) is 12.1 Å². The Kier molecular flexibility index (Phi) is 17.2. The summed E-state index contributed by atoms with van der Waals surface area (Å²) in [6, 6.07) is -1.67. The van der Waals surface area contributed by atoms with Gasteiger partial charge in [-0.25, -0.2) is 15.6 Å². The summed E-state index contributed by atoms with van der Waals surface area (Å²) in [6.07, 6.45) is 11.7. The standard InChI is InChI=1S/C18H31N5O5/c1-3-5-7-9-11-27-14-20-22-17(25)16(19-13-24)18(26)23-21-15-28-12-10-8-6-4-2/h14-16H,3-12H2,1-2H3,(H,22,25)(H,23,26)/b20-14+,21-15+. The van der Waals surface area contributed by atoms with Gasteiger partial charge in [-0.1, -0.05) is 52.4 Å². The number of nitrogens with zero attached hydrogens (tertiary/aromatic N) is 3. The molecule has 0 bridgehead atoms. The first-order valence-corrected chi connectivity index (χ1v) is 9.60. The van der Waals surface area contributed by atoms with Crippen LogP contribution < -0.4 is 10.9 Å². The molecule has 0 aliphatic carbocycles. The maximum Gasteiger partial charge on any atom is 0.275 e. The minimum Gasteiger partial charge on any atom is -0.482 e. The van der Waals surface area contributed by atoms with E-state index >= 15 is 0 Å². The third-order valence-electron chi connectivity index (χ3n) is 3.51. The molecule has 0 spiro atoms. The van der Waals surface area contributed by atoms with Crippen molar-refractivity contribution in [3.8, 4) is 0 Å². The van der Waals surface area contributed by atoms with Gasteiger partial charge in [0.25, 0.3) is 11.8 Å². The Morgan fingerprint density at radius 3 is 1.71 bits per heavy atom. The number of amides is 2. The first-order valence-electron chi connectivity index (χ1n) is 9.60. The van der Waals surface area contributed by atoms with Crippen molar-refractivity contribution < 1.29 is 23.9 Å². The molecule has 0 aromatic rings. The van der Waals surface area contributed by atoms with Gasteiger partial charge >= 0.3 is 0 Å². The highest BCUT2D eigenvalue weighted by Gasteiger charge is 2.26. The van der Waals surface area contributed by atoms with Gasteiger partial charge in [0, 0.05) is 0 Å². The van der Waals surface area contributed by atoms with Crippen LogP contribution in [0.15, 0.2) is 15.2 Å². The Hall–Kier alpha value is -2.74. The molecule has 0 aromatic carbocycles. The van der Waals surface area contributed by atoms with E-state index in [0.717, 1.165) is 64.2 Å². The minimum atomic E-state index is -1.67. The van der Waals surface area contributed by atoms with Crippen LogP contribution in [0.3, 0.4) is 0 Å². The number of rotatable bonds is 17. The lowest BCUT2D eigenvalue weighted by atomic mass is 10.2. The van der Waals surface area contributed by atoms with Crippen molar-refractivity contribution in [2.45, 2.75) is 71.3 Å². The highest BCUT2D eigenvalue weighted by molar-refractivity contribution is 6.05. The zero-order chi connectivity index (χ0) is 20.9. The summed E-state index contributed by atoms with van der Waals surface area (Å²) in [7, 11) is 0. The van der Waals surface area contributed by atoms with Crippen LogP contribution in [-0.4, -0.2) is 50.0 Å². The number of carbonyl (C=O) groups is 2. The highest BCUT2D eigenvalue weighted by Crippen LogP contribution is 1.99. The van der Waals surface area contributed by atoms with E-state index in [1.165, 1.54) is 6.08 Å². The molecule has 0 saturated heterocycles. The van der Waals surface area contributed by atoms with Crippen molar-refractivity contribution in [1.29, 1.82) is 0 Å². The fourth-order valence-electron chi connectivity index (χ4n) is 2.00. The van der Waals surface area contributed by atoms with Gasteiger partial charge in [-0.05, 0) is 12.8 Å². The summed E-state index contributed by atoms with van der Waals surface area (Å²) in [6.45, 7) is 5.17. The zero-order valence-electron chi connectivity index (χ0n) is 16.7. The van der Waals surface area contributed by atoms with Gasteiger partial charge in [-0.2, -0.15) is 4.99 Å². The van der Waals surface area contributed by atoms with E-state index in [9.17, 15) is 14.4 Å². The Morgan fingerprint density at radius 2 is 1.32 bits per heavy atom. The summed E-state index contributed by atoms with van der Waals surface area (Å²) < 4.78 is 10.2. The molecule has 2 amide bonds. The molecule has 0 unspecified atom stereocenters. The van der Waals surface area contributed by atoms with Crippen molar-refractivity contribution >= 4 is 30.7 Å². The fourth-order valence-corrected chi connectivity index (χ4v) is 2.00. The summed E-state index contributed by atoms with van der Waals surface area (Å²) in [5.74, 6) is -1.83. The number of isocyanates is 1. The van der Waals surface area contributed by atoms with Crippen LogP contribution in [0, 0.1) is 0 Å². The van der Waals surface area contributed by atoms with E-state index < -0.39 is 17.9 Å². The first kappa shape index (κ1) is 25.3. The molecule has 0 saturated carbocycles. The monoisotopic (exact) mass is 397 g/mol.